The Morgan fingerprint density at radius 3 is 2.62 bits per heavy atom. The van der Waals surface area contributed by atoms with Crippen molar-refractivity contribution >= 4 is 21.8 Å². The van der Waals surface area contributed by atoms with Gasteiger partial charge in [-0.15, -0.1) is 0 Å². The highest BCUT2D eigenvalue weighted by molar-refractivity contribution is 7.91. The van der Waals surface area contributed by atoms with Gasteiger partial charge in [-0.1, -0.05) is 30.3 Å². The lowest BCUT2D eigenvalue weighted by Gasteiger charge is -2.24. The number of imide groups is 1. The second-order valence-electron chi connectivity index (χ2n) is 7.08. The van der Waals surface area contributed by atoms with Gasteiger partial charge in [-0.3, -0.25) is 15.0 Å². The molecule has 2 fully saturated rings. The molecule has 8 heteroatoms. The van der Waals surface area contributed by atoms with Crippen LogP contribution in [0.3, 0.4) is 0 Å². The van der Waals surface area contributed by atoms with Crippen molar-refractivity contribution in [3.63, 3.8) is 0 Å². The number of amides is 3. The zero-order valence-corrected chi connectivity index (χ0v) is 15.5. The summed E-state index contributed by atoms with van der Waals surface area (Å²) in [5.74, 6) is -0.330. The van der Waals surface area contributed by atoms with Gasteiger partial charge >= 0.3 is 6.03 Å². The van der Waals surface area contributed by atoms with Crippen molar-refractivity contribution in [3.05, 3.63) is 35.9 Å². The van der Waals surface area contributed by atoms with Crippen LogP contribution in [0.2, 0.25) is 0 Å². The molecule has 3 amide bonds. The molecule has 2 heterocycles. The second-order valence-corrected chi connectivity index (χ2v) is 9.31. The monoisotopic (exact) mass is 379 g/mol. The highest BCUT2D eigenvalue weighted by Crippen LogP contribution is 2.20. The first kappa shape index (κ1) is 18.8. The van der Waals surface area contributed by atoms with Crippen LogP contribution in [-0.2, 0) is 21.1 Å². The zero-order valence-electron chi connectivity index (χ0n) is 14.7. The van der Waals surface area contributed by atoms with Gasteiger partial charge in [-0.2, -0.15) is 0 Å². The van der Waals surface area contributed by atoms with Gasteiger partial charge in [-0.25, -0.2) is 13.2 Å². The molecule has 2 aliphatic rings. The minimum atomic E-state index is -3.06. The number of carbonyl (C=O) groups excluding carboxylic acids is 2. The van der Waals surface area contributed by atoms with Crippen molar-refractivity contribution in [1.82, 2.24) is 15.5 Å². The van der Waals surface area contributed by atoms with Crippen LogP contribution >= 0.6 is 0 Å². The Hall–Kier alpha value is -1.93. The van der Waals surface area contributed by atoms with Crippen molar-refractivity contribution in [2.75, 3.05) is 24.6 Å². The number of nitrogens with zero attached hydrogens (tertiary/aromatic N) is 1. The highest BCUT2D eigenvalue weighted by atomic mass is 32.2. The second kappa shape index (κ2) is 8.18. The molecule has 1 aromatic rings. The fourth-order valence-corrected chi connectivity index (χ4v) is 5.37. The van der Waals surface area contributed by atoms with Crippen LogP contribution in [0.5, 0.6) is 0 Å². The van der Waals surface area contributed by atoms with E-state index in [1.807, 2.05) is 18.2 Å². The summed E-state index contributed by atoms with van der Waals surface area (Å²) in [5, 5.41) is 4.89. The summed E-state index contributed by atoms with van der Waals surface area (Å²) >= 11 is 0. The first-order valence-electron chi connectivity index (χ1n) is 9.00. The van der Waals surface area contributed by atoms with Crippen molar-refractivity contribution in [3.8, 4) is 0 Å². The van der Waals surface area contributed by atoms with Crippen LogP contribution in [0, 0.1) is 0 Å². The first-order valence-corrected chi connectivity index (χ1v) is 10.8. The Labute approximate surface area is 154 Å². The van der Waals surface area contributed by atoms with Crippen LogP contribution in [-0.4, -0.2) is 61.9 Å². The number of carbonyl (C=O) groups is 2. The summed E-state index contributed by atoms with van der Waals surface area (Å²) in [6.45, 7) is 1.02. The Morgan fingerprint density at radius 2 is 1.92 bits per heavy atom. The number of sulfone groups is 1. The van der Waals surface area contributed by atoms with Crippen LogP contribution in [0.15, 0.2) is 30.3 Å². The van der Waals surface area contributed by atoms with Gasteiger partial charge in [0.25, 0.3) is 0 Å². The van der Waals surface area contributed by atoms with E-state index in [4.69, 9.17) is 0 Å². The Kier molecular flexibility index (Phi) is 5.93. The van der Waals surface area contributed by atoms with E-state index in [0.717, 1.165) is 25.8 Å². The lowest BCUT2D eigenvalue weighted by molar-refractivity contribution is -0.121. The maximum absolute atomic E-state index is 12.2. The molecular formula is C18H25N3O4S. The Balaban J connectivity index is 1.45. The molecule has 2 saturated heterocycles. The smallest absolute Gasteiger partial charge is 0.321 e. The van der Waals surface area contributed by atoms with Crippen LogP contribution in [0.1, 0.15) is 24.8 Å². The molecular weight excluding hydrogens is 354 g/mol. The molecule has 0 aliphatic carbocycles. The molecule has 2 atom stereocenters. The first-order chi connectivity index (χ1) is 12.4. The molecule has 0 radical (unpaired) electrons. The summed E-state index contributed by atoms with van der Waals surface area (Å²) in [6.07, 6.45) is 3.36. The average Bonchev–Trinajstić information content (AvgIpc) is 3.14. The summed E-state index contributed by atoms with van der Waals surface area (Å²) in [5.41, 5.74) is 1.24. The average molecular weight is 379 g/mol. The molecule has 1 aromatic carbocycles. The molecule has 26 heavy (non-hydrogen) atoms. The number of likely N-dealkylation sites (tertiary alicyclic amines) is 1. The number of benzene rings is 1. The summed E-state index contributed by atoms with van der Waals surface area (Å²) in [6, 6.07) is 9.44. The molecule has 7 nitrogen and oxygen atoms in total. The predicted molar refractivity (Wildman–Crippen MR) is 98.5 cm³/mol. The Bertz CT molecular complexity index is 751. The van der Waals surface area contributed by atoms with Gasteiger partial charge < -0.3 is 5.32 Å². The van der Waals surface area contributed by atoms with E-state index in [9.17, 15) is 18.0 Å². The van der Waals surface area contributed by atoms with Gasteiger partial charge in [0, 0.05) is 12.1 Å². The van der Waals surface area contributed by atoms with Gasteiger partial charge in [0.05, 0.1) is 18.1 Å². The third-order valence-electron chi connectivity index (χ3n) is 4.98. The highest BCUT2D eigenvalue weighted by Gasteiger charge is 2.30. The molecule has 2 unspecified atom stereocenters. The maximum Gasteiger partial charge on any atom is 0.321 e. The third kappa shape index (κ3) is 5.28. The van der Waals surface area contributed by atoms with Gasteiger partial charge in [0.15, 0.2) is 9.84 Å². The number of hydrogen-bond acceptors (Lipinski definition) is 5. The minimum Gasteiger partial charge on any atom is -0.334 e. The lowest BCUT2D eigenvalue weighted by Crippen LogP contribution is -2.48. The molecule has 0 saturated carbocycles. The van der Waals surface area contributed by atoms with Crippen molar-refractivity contribution in [2.24, 2.45) is 0 Å². The number of rotatable bonds is 5. The zero-order chi connectivity index (χ0) is 18.6. The largest absolute Gasteiger partial charge is 0.334 e. The van der Waals surface area contributed by atoms with E-state index in [2.05, 4.69) is 27.7 Å². The van der Waals surface area contributed by atoms with Crippen LogP contribution < -0.4 is 10.6 Å². The maximum atomic E-state index is 12.2. The normalized spacial score (nSPS) is 25.1. The molecule has 142 valence electrons. The SMILES string of the molecule is O=C(CN1CCCC1Cc1ccccc1)NC(=O)NC1CCS(=O)(=O)C1. The van der Waals surface area contributed by atoms with E-state index in [1.165, 1.54) is 5.56 Å². The van der Waals surface area contributed by atoms with Crippen molar-refractivity contribution < 1.29 is 18.0 Å². The van der Waals surface area contributed by atoms with Gasteiger partial charge in [0.1, 0.15) is 0 Å². The third-order valence-corrected chi connectivity index (χ3v) is 6.75. The van der Waals surface area contributed by atoms with E-state index >= 15 is 0 Å². The van der Waals surface area contributed by atoms with Crippen LogP contribution in [0.4, 0.5) is 4.79 Å². The predicted octanol–water partition coefficient (Wildman–Crippen LogP) is 0.706. The van der Waals surface area contributed by atoms with Crippen molar-refractivity contribution in [1.29, 1.82) is 0 Å². The fourth-order valence-electron chi connectivity index (χ4n) is 3.70. The number of urea groups is 1. The van der Waals surface area contributed by atoms with E-state index in [-0.39, 0.29) is 24.0 Å². The fraction of sp³-hybridized carbons (Fsp3) is 0.556. The number of hydrogen-bond donors (Lipinski definition) is 2. The van der Waals surface area contributed by atoms with E-state index in [1.54, 1.807) is 0 Å². The summed E-state index contributed by atoms with van der Waals surface area (Å²) in [7, 11) is -3.06. The van der Waals surface area contributed by atoms with Gasteiger partial charge in [0.2, 0.25) is 5.91 Å². The standard InChI is InChI=1S/C18H25N3O4S/c22-17(20-18(23)19-15-8-10-26(24,25)13-15)12-21-9-4-7-16(21)11-14-5-2-1-3-6-14/h1-3,5-6,15-16H,4,7-13H2,(H2,19,20,22,23). The topological polar surface area (TPSA) is 95.6 Å². The molecule has 3 rings (SSSR count). The van der Waals surface area contributed by atoms with E-state index < -0.39 is 21.9 Å². The van der Waals surface area contributed by atoms with E-state index in [0.29, 0.717) is 12.5 Å². The van der Waals surface area contributed by atoms with Crippen molar-refractivity contribution in [2.45, 2.75) is 37.8 Å². The summed E-state index contributed by atoms with van der Waals surface area (Å²) < 4.78 is 22.8. The summed E-state index contributed by atoms with van der Waals surface area (Å²) in [4.78, 5) is 26.2. The quantitative estimate of drug-likeness (QED) is 0.785. The minimum absolute atomic E-state index is 0.0557. The van der Waals surface area contributed by atoms with Crippen LogP contribution in [0.25, 0.3) is 0 Å². The number of nitrogens with one attached hydrogen (secondary N) is 2. The molecule has 0 spiro atoms. The van der Waals surface area contributed by atoms with Gasteiger partial charge in [-0.05, 0) is 37.8 Å². The molecule has 2 N–H and O–H groups in total. The Morgan fingerprint density at radius 1 is 1.15 bits per heavy atom. The molecule has 0 aromatic heterocycles. The molecule has 2 aliphatic heterocycles. The lowest BCUT2D eigenvalue weighted by atomic mass is 10.0. The molecule has 0 bridgehead atoms.